The summed E-state index contributed by atoms with van der Waals surface area (Å²) in [4.78, 5) is 19.2. The zero-order chi connectivity index (χ0) is 22.1. The second kappa shape index (κ2) is 12.9. The number of amides is 1. The Morgan fingerprint density at radius 1 is 1.12 bits per heavy atom. The normalized spacial score (nSPS) is 11.0. The summed E-state index contributed by atoms with van der Waals surface area (Å²) in [7, 11) is 1.76. The van der Waals surface area contributed by atoms with Crippen molar-refractivity contribution in [1.82, 2.24) is 20.9 Å². The number of hydrogen-bond acceptors (Lipinski definition) is 3. The quantitative estimate of drug-likeness (QED) is 0.187. The molecule has 8 heteroatoms. The molecule has 0 unspecified atom stereocenters. The molecule has 7 nitrogen and oxygen atoms in total. The summed E-state index contributed by atoms with van der Waals surface area (Å²) < 4.78 is 5.55. The van der Waals surface area contributed by atoms with E-state index in [0.717, 1.165) is 24.5 Å². The second-order valence-corrected chi connectivity index (χ2v) is 7.36. The average Bonchev–Trinajstić information content (AvgIpc) is 3.17. The smallest absolute Gasteiger partial charge is 0.257 e. The van der Waals surface area contributed by atoms with Crippen molar-refractivity contribution in [2.45, 2.75) is 26.8 Å². The van der Waals surface area contributed by atoms with Crippen LogP contribution in [0.2, 0.25) is 0 Å². The van der Waals surface area contributed by atoms with Gasteiger partial charge in [0.1, 0.15) is 5.75 Å². The maximum Gasteiger partial charge on any atom is 0.257 e. The van der Waals surface area contributed by atoms with Gasteiger partial charge >= 0.3 is 0 Å². The number of fused-ring (bicyclic) bond motifs is 1. The molecule has 1 amide bonds. The lowest BCUT2D eigenvalue weighted by Crippen LogP contribution is -2.37. The van der Waals surface area contributed by atoms with Gasteiger partial charge in [-0.15, -0.1) is 24.0 Å². The van der Waals surface area contributed by atoms with Crippen molar-refractivity contribution in [1.29, 1.82) is 0 Å². The number of aromatic amines is 1. The lowest BCUT2D eigenvalue weighted by Gasteiger charge is -2.13. The first-order chi connectivity index (χ1) is 15.1. The Kier molecular flexibility index (Phi) is 10.3. The minimum atomic E-state index is -0.124. The number of rotatable bonds is 9. The average molecular weight is 549 g/mol. The van der Waals surface area contributed by atoms with Crippen LogP contribution in [0, 0.1) is 6.92 Å². The lowest BCUT2D eigenvalue weighted by atomic mass is 10.1. The minimum Gasteiger partial charge on any atom is -0.484 e. The van der Waals surface area contributed by atoms with Gasteiger partial charge in [-0.1, -0.05) is 24.3 Å². The highest BCUT2D eigenvalue weighted by Gasteiger charge is 2.06. The molecular formula is C24H32IN5O2. The number of ether oxygens (including phenoxy) is 1. The molecule has 0 spiro atoms. The van der Waals surface area contributed by atoms with Gasteiger partial charge in [-0.3, -0.25) is 9.79 Å². The van der Waals surface area contributed by atoms with E-state index in [1.165, 1.54) is 22.0 Å². The molecule has 3 rings (SSSR count). The van der Waals surface area contributed by atoms with E-state index >= 15 is 0 Å². The molecule has 0 bridgehead atoms. The third kappa shape index (κ3) is 7.44. The van der Waals surface area contributed by atoms with E-state index < -0.39 is 0 Å². The minimum absolute atomic E-state index is 0. The van der Waals surface area contributed by atoms with Crippen LogP contribution in [0.15, 0.2) is 53.7 Å². The summed E-state index contributed by atoms with van der Waals surface area (Å²) in [6.07, 6.45) is 2.97. The van der Waals surface area contributed by atoms with Crippen molar-refractivity contribution < 1.29 is 9.53 Å². The molecule has 0 fully saturated rings. The summed E-state index contributed by atoms with van der Waals surface area (Å²) in [6.45, 7) is 5.97. The van der Waals surface area contributed by atoms with E-state index in [4.69, 9.17) is 4.74 Å². The lowest BCUT2D eigenvalue weighted by molar-refractivity contribution is -0.122. The number of hydrogen-bond donors (Lipinski definition) is 4. The summed E-state index contributed by atoms with van der Waals surface area (Å²) in [6, 6.07) is 14.2. The standard InChI is InChI=1S/C24H31N5O2.HI/c1-4-26-23(30)16-31-20-7-5-6-18(13-20)14-29-24(25-3)27-11-10-19-15-28-22-12-17(2)8-9-21(19)22;/h5-9,12-13,15,28H,4,10-11,14,16H2,1-3H3,(H,26,30)(H2,25,27,29);1H. The molecule has 0 atom stereocenters. The largest absolute Gasteiger partial charge is 0.484 e. The van der Waals surface area contributed by atoms with Gasteiger partial charge in [-0.2, -0.15) is 0 Å². The predicted octanol–water partition coefficient (Wildman–Crippen LogP) is 3.52. The molecule has 0 aliphatic rings. The summed E-state index contributed by atoms with van der Waals surface area (Å²) in [5.74, 6) is 1.29. The third-order valence-electron chi connectivity index (χ3n) is 4.94. The van der Waals surface area contributed by atoms with Crippen LogP contribution in [0.1, 0.15) is 23.6 Å². The first-order valence-electron chi connectivity index (χ1n) is 10.6. The number of carbonyl (C=O) groups excluding carboxylic acids is 1. The maximum absolute atomic E-state index is 11.6. The van der Waals surface area contributed by atoms with Crippen LogP contribution < -0.4 is 20.7 Å². The highest BCUT2D eigenvalue weighted by atomic mass is 127. The molecule has 2 aromatic carbocycles. The van der Waals surface area contributed by atoms with Crippen LogP contribution >= 0.6 is 24.0 Å². The van der Waals surface area contributed by atoms with Crippen LogP contribution in [0.3, 0.4) is 0 Å². The molecule has 172 valence electrons. The number of halogens is 1. The van der Waals surface area contributed by atoms with Crippen LogP contribution in [0.5, 0.6) is 5.75 Å². The maximum atomic E-state index is 11.6. The molecule has 0 radical (unpaired) electrons. The number of guanidine groups is 1. The van der Waals surface area contributed by atoms with Crippen molar-refractivity contribution >= 4 is 46.7 Å². The number of H-pyrrole nitrogens is 1. The fraction of sp³-hybridized carbons (Fsp3) is 0.333. The molecule has 0 saturated heterocycles. The summed E-state index contributed by atoms with van der Waals surface area (Å²) in [5.41, 5.74) is 4.76. The highest BCUT2D eigenvalue weighted by molar-refractivity contribution is 14.0. The molecule has 3 aromatic rings. The number of aliphatic imine (C=N–C) groups is 1. The van der Waals surface area contributed by atoms with E-state index in [1.54, 1.807) is 7.05 Å². The van der Waals surface area contributed by atoms with Crippen molar-refractivity contribution in [3.63, 3.8) is 0 Å². The Balaban J connectivity index is 0.00000363. The number of aromatic nitrogens is 1. The topological polar surface area (TPSA) is 90.5 Å². The SMILES string of the molecule is CCNC(=O)COc1cccc(CNC(=NC)NCCc2c[nH]c3cc(C)ccc23)c1.I. The van der Waals surface area contributed by atoms with Crippen LogP contribution in [-0.4, -0.2) is 43.6 Å². The molecule has 0 aliphatic carbocycles. The van der Waals surface area contributed by atoms with Gasteiger partial charge < -0.3 is 25.7 Å². The zero-order valence-corrected chi connectivity index (χ0v) is 21.2. The molecule has 0 aliphatic heterocycles. The highest BCUT2D eigenvalue weighted by Crippen LogP contribution is 2.19. The Hall–Kier alpha value is -2.75. The van der Waals surface area contributed by atoms with Crippen molar-refractivity contribution in [2.24, 2.45) is 4.99 Å². The van der Waals surface area contributed by atoms with Crippen LogP contribution in [0.4, 0.5) is 0 Å². The Labute approximate surface area is 206 Å². The molecule has 4 N–H and O–H groups in total. The number of aryl methyl sites for hydroxylation is 1. The van der Waals surface area contributed by atoms with Crippen molar-refractivity contribution in [2.75, 3.05) is 26.7 Å². The van der Waals surface area contributed by atoms with Gasteiger partial charge in [-0.25, -0.2) is 0 Å². The second-order valence-electron chi connectivity index (χ2n) is 7.36. The van der Waals surface area contributed by atoms with Gasteiger partial charge in [-0.05, 0) is 55.2 Å². The summed E-state index contributed by atoms with van der Waals surface area (Å²) >= 11 is 0. The van der Waals surface area contributed by atoms with Gasteiger partial charge in [0.2, 0.25) is 0 Å². The van der Waals surface area contributed by atoms with Gasteiger partial charge in [0.25, 0.3) is 5.91 Å². The van der Waals surface area contributed by atoms with E-state index in [9.17, 15) is 4.79 Å². The first-order valence-corrected chi connectivity index (χ1v) is 10.6. The molecule has 1 aromatic heterocycles. The van der Waals surface area contributed by atoms with Gasteiger partial charge in [0.05, 0.1) is 0 Å². The van der Waals surface area contributed by atoms with E-state index in [1.807, 2.05) is 31.2 Å². The van der Waals surface area contributed by atoms with E-state index in [2.05, 4.69) is 57.2 Å². The van der Waals surface area contributed by atoms with Crippen LogP contribution in [0.25, 0.3) is 10.9 Å². The number of nitrogens with one attached hydrogen (secondary N) is 4. The first kappa shape index (κ1) is 25.5. The number of nitrogens with zero attached hydrogens (tertiary/aromatic N) is 1. The third-order valence-corrected chi connectivity index (χ3v) is 4.94. The monoisotopic (exact) mass is 549 g/mol. The predicted molar refractivity (Wildman–Crippen MR) is 141 cm³/mol. The number of carbonyl (C=O) groups is 1. The number of likely N-dealkylation sites (N-methyl/N-ethyl adjacent to an activating group) is 1. The molecule has 1 heterocycles. The van der Waals surface area contributed by atoms with E-state index in [0.29, 0.717) is 18.8 Å². The van der Waals surface area contributed by atoms with Crippen molar-refractivity contribution in [3.8, 4) is 5.75 Å². The fourth-order valence-electron chi connectivity index (χ4n) is 3.37. The van der Waals surface area contributed by atoms with Gasteiger partial charge in [0, 0.05) is 43.8 Å². The van der Waals surface area contributed by atoms with Crippen molar-refractivity contribution in [3.05, 3.63) is 65.4 Å². The number of benzene rings is 2. The van der Waals surface area contributed by atoms with Crippen LogP contribution in [-0.2, 0) is 17.8 Å². The van der Waals surface area contributed by atoms with E-state index in [-0.39, 0.29) is 36.5 Å². The molecular weight excluding hydrogens is 517 g/mol. The summed E-state index contributed by atoms with van der Waals surface area (Å²) in [5, 5.41) is 10.7. The molecule has 0 saturated carbocycles. The Morgan fingerprint density at radius 2 is 1.97 bits per heavy atom. The fourth-order valence-corrected chi connectivity index (χ4v) is 3.37. The Bertz CT molecular complexity index is 1050. The Morgan fingerprint density at radius 3 is 2.75 bits per heavy atom. The zero-order valence-electron chi connectivity index (χ0n) is 18.8. The molecule has 32 heavy (non-hydrogen) atoms. The van der Waals surface area contributed by atoms with Gasteiger partial charge in [0.15, 0.2) is 12.6 Å².